The summed E-state index contributed by atoms with van der Waals surface area (Å²) in [6.07, 6.45) is 2.51. The van der Waals surface area contributed by atoms with Crippen LogP contribution < -0.4 is 20.3 Å². The number of methoxy groups -OCH3 is 2. The van der Waals surface area contributed by atoms with Gasteiger partial charge in [-0.3, -0.25) is 14.3 Å². The lowest BCUT2D eigenvalue weighted by atomic mass is 10.1. The molecule has 0 fully saturated rings. The lowest BCUT2D eigenvalue weighted by Gasteiger charge is -2.11. The van der Waals surface area contributed by atoms with E-state index in [-0.39, 0.29) is 17.9 Å². The summed E-state index contributed by atoms with van der Waals surface area (Å²) in [5.41, 5.74) is 1.06. The maximum atomic E-state index is 12.4. The van der Waals surface area contributed by atoms with Crippen molar-refractivity contribution in [1.82, 2.24) is 19.6 Å². The highest BCUT2D eigenvalue weighted by atomic mass is 16.5. The third-order valence-corrected chi connectivity index (χ3v) is 4.55. The Kier molecular flexibility index (Phi) is 6.84. The van der Waals surface area contributed by atoms with Crippen LogP contribution in [0.1, 0.15) is 19.8 Å². The highest BCUT2D eigenvalue weighted by molar-refractivity contribution is 5.89. The Labute approximate surface area is 174 Å². The number of rotatable bonds is 9. The molecule has 0 saturated carbocycles. The van der Waals surface area contributed by atoms with E-state index < -0.39 is 0 Å². The average molecular weight is 411 g/mol. The number of aromatic nitrogens is 4. The molecule has 0 saturated heterocycles. The number of nitrogens with one attached hydrogen (secondary N) is 1. The molecule has 1 amide bonds. The van der Waals surface area contributed by atoms with Crippen LogP contribution in [0.4, 0.5) is 5.82 Å². The molecule has 1 aromatic carbocycles. The molecule has 30 heavy (non-hydrogen) atoms. The maximum absolute atomic E-state index is 12.4. The summed E-state index contributed by atoms with van der Waals surface area (Å²) in [6, 6.07) is 10.5. The van der Waals surface area contributed by atoms with Crippen molar-refractivity contribution in [2.45, 2.75) is 32.9 Å². The van der Waals surface area contributed by atoms with Crippen LogP contribution in [-0.2, 0) is 17.9 Å². The number of ether oxygens (including phenoxy) is 2. The van der Waals surface area contributed by atoms with Crippen LogP contribution in [0.2, 0.25) is 0 Å². The molecule has 0 aliphatic carbocycles. The van der Waals surface area contributed by atoms with Gasteiger partial charge in [0.2, 0.25) is 5.91 Å². The summed E-state index contributed by atoms with van der Waals surface area (Å²) in [5.74, 6) is 1.48. The minimum Gasteiger partial charge on any atom is -0.497 e. The molecule has 0 radical (unpaired) electrons. The van der Waals surface area contributed by atoms with Gasteiger partial charge in [-0.1, -0.05) is 0 Å². The first-order valence-corrected chi connectivity index (χ1v) is 9.68. The second kappa shape index (κ2) is 9.73. The first kappa shape index (κ1) is 21.1. The van der Waals surface area contributed by atoms with E-state index >= 15 is 0 Å². The number of hydrogen-bond acceptors (Lipinski definition) is 6. The number of nitrogens with zero attached hydrogens (tertiary/aromatic N) is 4. The van der Waals surface area contributed by atoms with Crippen molar-refractivity contribution in [2.24, 2.45) is 0 Å². The standard InChI is InChI=1S/C21H25N5O4/c1-4-25-13-11-18(23-25)22-19(27)6-5-12-26-20(28)14-17(30-3)21(24-26)15-7-9-16(29-2)10-8-15/h7-11,13-14H,4-6,12H2,1-3H3,(H,22,23,27). The fourth-order valence-electron chi connectivity index (χ4n) is 2.94. The number of aryl methyl sites for hydroxylation is 2. The number of carbonyl (C=O) groups is 1. The van der Waals surface area contributed by atoms with Crippen LogP contribution in [0.15, 0.2) is 47.4 Å². The summed E-state index contributed by atoms with van der Waals surface area (Å²) < 4.78 is 13.6. The Balaban J connectivity index is 1.67. The number of hydrogen-bond donors (Lipinski definition) is 1. The molecule has 1 N–H and O–H groups in total. The van der Waals surface area contributed by atoms with Gasteiger partial charge in [-0.25, -0.2) is 4.68 Å². The topological polar surface area (TPSA) is 100 Å². The minimum atomic E-state index is -0.286. The van der Waals surface area contributed by atoms with Gasteiger partial charge >= 0.3 is 0 Å². The third-order valence-electron chi connectivity index (χ3n) is 4.55. The quantitative estimate of drug-likeness (QED) is 0.581. The van der Waals surface area contributed by atoms with E-state index in [4.69, 9.17) is 9.47 Å². The molecule has 0 atom stereocenters. The first-order valence-electron chi connectivity index (χ1n) is 9.68. The predicted molar refractivity (Wildman–Crippen MR) is 113 cm³/mol. The van der Waals surface area contributed by atoms with E-state index in [1.54, 1.807) is 24.1 Å². The molecule has 0 spiro atoms. The van der Waals surface area contributed by atoms with Crippen LogP contribution in [-0.4, -0.2) is 39.7 Å². The summed E-state index contributed by atoms with van der Waals surface area (Å²) in [7, 11) is 3.09. The molecule has 9 heteroatoms. The molecule has 0 aliphatic heterocycles. The van der Waals surface area contributed by atoms with Gasteiger partial charge in [0.05, 0.1) is 14.2 Å². The van der Waals surface area contributed by atoms with Gasteiger partial charge in [0.25, 0.3) is 5.56 Å². The molecular weight excluding hydrogens is 386 g/mol. The van der Waals surface area contributed by atoms with E-state index in [0.717, 1.165) is 17.9 Å². The normalized spacial score (nSPS) is 10.6. The van der Waals surface area contributed by atoms with Crippen molar-refractivity contribution in [3.8, 4) is 22.8 Å². The average Bonchev–Trinajstić information content (AvgIpc) is 3.22. The van der Waals surface area contributed by atoms with Gasteiger partial charge in [0.1, 0.15) is 11.4 Å². The highest BCUT2D eigenvalue weighted by Gasteiger charge is 2.13. The Morgan fingerprint density at radius 1 is 1.10 bits per heavy atom. The van der Waals surface area contributed by atoms with E-state index in [2.05, 4.69) is 15.5 Å². The van der Waals surface area contributed by atoms with Crippen molar-refractivity contribution >= 4 is 11.7 Å². The number of amides is 1. The van der Waals surface area contributed by atoms with Crippen molar-refractivity contribution in [3.63, 3.8) is 0 Å². The number of benzene rings is 1. The van der Waals surface area contributed by atoms with Gasteiger partial charge in [-0.15, -0.1) is 0 Å². The van der Waals surface area contributed by atoms with Gasteiger partial charge < -0.3 is 14.8 Å². The fraction of sp³-hybridized carbons (Fsp3) is 0.333. The zero-order valence-corrected chi connectivity index (χ0v) is 17.3. The first-order chi connectivity index (χ1) is 14.5. The van der Waals surface area contributed by atoms with Gasteiger partial charge in [-0.05, 0) is 37.6 Å². The second-order valence-corrected chi connectivity index (χ2v) is 6.56. The van der Waals surface area contributed by atoms with E-state index in [9.17, 15) is 9.59 Å². The molecule has 2 heterocycles. The Bertz CT molecular complexity index is 1060. The number of anilines is 1. The van der Waals surface area contributed by atoms with Crippen LogP contribution >= 0.6 is 0 Å². The second-order valence-electron chi connectivity index (χ2n) is 6.56. The largest absolute Gasteiger partial charge is 0.497 e. The zero-order chi connectivity index (χ0) is 21.5. The van der Waals surface area contributed by atoms with Crippen molar-refractivity contribution < 1.29 is 14.3 Å². The Hall–Kier alpha value is -3.62. The van der Waals surface area contributed by atoms with E-state index in [1.165, 1.54) is 17.9 Å². The van der Waals surface area contributed by atoms with E-state index in [1.807, 2.05) is 31.2 Å². The van der Waals surface area contributed by atoms with Gasteiger partial charge in [-0.2, -0.15) is 10.2 Å². The molecule has 0 unspecified atom stereocenters. The SMILES string of the molecule is CCn1ccc(NC(=O)CCCn2nc(-c3ccc(OC)cc3)c(OC)cc2=O)n1. The molecule has 3 aromatic rings. The maximum Gasteiger partial charge on any atom is 0.270 e. The molecule has 2 aromatic heterocycles. The van der Waals surface area contributed by atoms with Crippen molar-refractivity contribution in [1.29, 1.82) is 0 Å². The van der Waals surface area contributed by atoms with Gasteiger partial charge in [0.15, 0.2) is 11.6 Å². The fourth-order valence-corrected chi connectivity index (χ4v) is 2.94. The molecule has 158 valence electrons. The van der Waals surface area contributed by atoms with Gasteiger partial charge in [0, 0.05) is 43.4 Å². The highest BCUT2D eigenvalue weighted by Crippen LogP contribution is 2.27. The van der Waals surface area contributed by atoms with Crippen molar-refractivity contribution in [3.05, 3.63) is 52.9 Å². The summed E-state index contributed by atoms with van der Waals surface area (Å²) >= 11 is 0. The Morgan fingerprint density at radius 3 is 2.50 bits per heavy atom. The van der Waals surface area contributed by atoms with Crippen molar-refractivity contribution in [2.75, 3.05) is 19.5 Å². The molecule has 0 aliphatic rings. The van der Waals surface area contributed by atoms with E-state index in [0.29, 0.717) is 30.2 Å². The minimum absolute atomic E-state index is 0.159. The lowest BCUT2D eigenvalue weighted by molar-refractivity contribution is -0.116. The van der Waals surface area contributed by atoms with Crippen LogP contribution in [0.25, 0.3) is 11.3 Å². The Morgan fingerprint density at radius 2 is 1.87 bits per heavy atom. The monoisotopic (exact) mass is 411 g/mol. The third kappa shape index (κ3) is 5.05. The molecule has 9 nitrogen and oxygen atoms in total. The summed E-state index contributed by atoms with van der Waals surface area (Å²) in [6.45, 7) is 3.01. The van der Waals surface area contributed by atoms with Crippen LogP contribution in [0.5, 0.6) is 11.5 Å². The molecule has 0 bridgehead atoms. The predicted octanol–water partition coefficient (Wildman–Crippen LogP) is 2.56. The smallest absolute Gasteiger partial charge is 0.270 e. The zero-order valence-electron chi connectivity index (χ0n) is 17.3. The summed E-state index contributed by atoms with van der Waals surface area (Å²) in [4.78, 5) is 24.5. The summed E-state index contributed by atoms with van der Waals surface area (Å²) in [5, 5.41) is 11.4. The molecule has 3 rings (SSSR count). The van der Waals surface area contributed by atoms with Crippen LogP contribution in [0, 0.1) is 0 Å². The number of carbonyl (C=O) groups excluding carboxylic acids is 1. The lowest BCUT2D eigenvalue weighted by Crippen LogP contribution is -2.24. The van der Waals surface area contributed by atoms with Crippen LogP contribution in [0.3, 0.4) is 0 Å². The molecular formula is C21H25N5O4.